The van der Waals surface area contributed by atoms with Crippen molar-refractivity contribution in [2.24, 2.45) is 4.99 Å². The fourth-order valence-electron chi connectivity index (χ4n) is 1.39. The van der Waals surface area contributed by atoms with E-state index in [1.807, 2.05) is 26.1 Å². The molecule has 0 saturated carbocycles. The number of hydrogen-bond acceptors (Lipinski definition) is 4. The summed E-state index contributed by atoms with van der Waals surface area (Å²) in [5.74, 6) is 0. The van der Waals surface area contributed by atoms with Crippen LogP contribution in [0.25, 0.3) is 0 Å². The molecule has 0 aliphatic carbocycles. The van der Waals surface area contributed by atoms with Gasteiger partial charge < -0.3 is 4.74 Å². The number of aliphatic imine (C=N–C) groups is 1. The van der Waals surface area contributed by atoms with E-state index in [1.54, 1.807) is 23.8 Å². The van der Waals surface area contributed by atoms with Crippen molar-refractivity contribution in [1.82, 2.24) is 8.61 Å². The number of hydrogen-bond donors (Lipinski definition) is 0. The Morgan fingerprint density at radius 1 is 1.50 bits per heavy atom. The molecule has 5 nitrogen and oxygen atoms in total. The van der Waals surface area contributed by atoms with Crippen molar-refractivity contribution in [2.45, 2.75) is 6.92 Å². The molecule has 0 N–H and O–H groups in total. The van der Waals surface area contributed by atoms with Crippen LogP contribution in [0.1, 0.15) is 5.56 Å². The average Bonchev–Trinajstić information content (AvgIpc) is 2.42. The first-order chi connectivity index (χ1) is 9.56. The third kappa shape index (κ3) is 5.81. The van der Waals surface area contributed by atoms with Crippen LogP contribution in [0.3, 0.4) is 0 Å². The molecule has 1 aromatic rings. The molecule has 0 unspecified atom stereocenters. The average molecular weight is 316 g/mol. The summed E-state index contributed by atoms with van der Waals surface area (Å²) in [6, 6.07) is 5.51. The van der Waals surface area contributed by atoms with Crippen molar-refractivity contribution in [3.8, 4) is 0 Å². The van der Waals surface area contributed by atoms with Crippen LogP contribution in [0.4, 0.5) is 5.69 Å². The Morgan fingerprint density at radius 3 is 2.85 bits per heavy atom. The molecule has 1 amide bonds. The van der Waals surface area contributed by atoms with E-state index < -0.39 is 0 Å². The Labute approximate surface area is 128 Å². The van der Waals surface area contributed by atoms with Gasteiger partial charge in [0.05, 0.1) is 31.0 Å². The number of carbonyl (C=O) groups is 1. The van der Waals surface area contributed by atoms with E-state index >= 15 is 0 Å². The SMILES string of the molecule is COCCN(C=O)SN(C)C=Nc1ccc(Cl)cc1C. The highest BCUT2D eigenvalue weighted by Crippen LogP contribution is 2.22. The molecule has 7 heteroatoms. The maximum Gasteiger partial charge on any atom is 0.221 e. The second-order valence-corrected chi connectivity index (χ2v) is 5.69. The molecule has 0 spiro atoms. The number of rotatable bonds is 8. The van der Waals surface area contributed by atoms with Gasteiger partial charge in [0.15, 0.2) is 0 Å². The van der Waals surface area contributed by atoms with Crippen molar-refractivity contribution in [3.05, 3.63) is 28.8 Å². The van der Waals surface area contributed by atoms with Crippen LogP contribution in [0.2, 0.25) is 5.02 Å². The number of carbonyl (C=O) groups excluding carboxylic acids is 1. The topological polar surface area (TPSA) is 45.1 Å². The first-order valence-corrected chi connectivity index (χ1v) is 7.09. The van der Waals surface area contributed by atoms with E-state index in [-0.39, 0.29) is 0 Å². The van der Waals surface area contributed by atoms with Crippen LogP contribution >= 0.6 is 23.7 Å². The quantitative estimate of drug-likeness (QED) is 0.320. The summed E-state index contributed by atoms with van der Waals surface area (Å²) in [5, 5.41) is 0.691. The number of nitrogens with zero attached hydrogens (tertiary/aromatic N) is 3. The summed E-state index contributed by atoms with van der Waals surface area (Å²) in [6.07, 6.45) is 2.42. The minimum Gasteiger partial charge on any atom is -0.383 e. The minimum absolute atomic E-state index is 0.493. The van der Waals surface area contributed by atoms with Crippen LogP contribution in [0.15, 0.2) is 23.2 Å². The lowest BCUT2D eigenvalue weighted by Gasteiger charge is -2.20. The number of benzene rings is 1. The van der Waals surface area contributed by atoms with Gasteiger partial charge in [0, 0.05) is 19.2 Å². The molecule has 0 radical (unpaired) electrons. The lowest BCUT2D eigenvalue weighted by Crippen LogP contribution is -2.24. The fraction of sp³-hybridized carbons (Fsp3) is 0.385. The molecule has 0 atom stereocenters. The monoisotopic (exact) mass is 315 g/mol. The van der Waals surface area contributed by atoms with Gasteiger partial charge in [-0.25, -0.2) is 4.99 Å². The molecular weight excluding hydrogens is 298 g/mol. The van der Waals surface area contributed by atoms with Gasteiger partial charge >= 0.3 is 0 Å². The molecule has 1 rings (SSSR count). The number of ether oxygens (including phenoxy) is 1. The maximum atomic E-state index is 10.9. The van der Waals surface area contributed by atoms with E-state index in [4.69, 9.17) is 16.3 Å². The predicted molar refractivity (Wildman–Crippen MR) is 84.3 cm³/mol. The first-order valence-electron chi connectivity index (χ1n) is 5.99. The minimum atomic E-state index is 0.493. The normalized spacial score (nSPS) is 10.8. The standard InChI is InChI=1S/C13H18ClN3O2S/c1-11-8-12(14)4-5-13(11)15-9-16(2)20-17(10-18)6-7-19-3/h4-5,8-10H,6-7H2,1-3H3. The lowest BCUT2D eigenvalue weighted by molar-refractivity contribution is -0.114. The van der Waals surface area contributed by atoms with Gasteiger partial charge in [-0.05, 0) is 30.7 Å². The summed E-state index contributed by atoms with van der Waals surface area (Å²) in [5.41, 5.74) is 1.84. The van der Waals surface area contributed by atoms with E-state index in [2.05, 4.69) is 4.99 Å². The Morgan fingerprint density at radius 2 is 2.25 bits per heavy atom. The third-order valence-corrected chi connectivity index (χ3v) is 3.45. The highest BCUT2D eigenvalue weighted by atomic mass is 35.5. The highest BCUT2D eigenvalue weighted by Gasteiger charge is 2.05. The summed E-state index contributed by atoms with van der Waals surface area (Å²) < 4.78 is 8.21. The molecular formula is C13H18ClN3O2S. The van der Waals surface area contributed by atoms with Crippen molar-refractivity contribution in [2.75, 3.05) is 27.3 Å². The molecule has 0 bridgehead atoms. The Balaban J connectivity index is 2.57. The summed E-state index contributed by atoms with van der Waals surface area (Å²) in [4.78, 5) is 15.2. The number of aryl methyl sites for hydroxylation is 1. The van der Waals surface area contributed by atoms with Crippen LogP contribution < -0.4 is 0 Å². The maximum absolute atomic E-state index is 10.9. The first kappa shape index (κ1) is 16.8. The summed E-state index contributed by atoms with van der Waals surface area (Å²) in [6.45, 7) is 2.96. The van der Waals surface area contributed by atoms with E-state index in [0.29, 0.717) is 18.2 Å². The molecule has 1 aromatic carbocycles. The van der Waals surface area contributed by atoms with E-state index in [9.17, 15) is 4.79 Å². The smallest absolute Gasteiger partial charge is 0.221 e. The second-order valence-electron chi connectivity index (χ2n) is 4.04. The largest absolute Gasteiger partial charge is 0.383 e. The van der Waals surface area contributed by atoms with E-state index in [0.717, 1.165) is 17.7 Å². The Bertz CT molecular complexity index is 471. The summed E-state index contributed by atoms with van der Waals surface area (Å²) in [7, 11) is 3.42. The van der Waals surface area contributed by atoms with Gasteiger partial charge in [-0.15, -0.1) is 0 Å². The molecule has 0 heterocycles. The van der Waals surface area contributed by atoms with Gasteiger partial charge in [0.25, 0.3) is 0 Å². The molecule has 20 heavy (non-hydrogen) atoms. The van der Waals surface area contributed by atoms with Crippen molar-refractivity contribution in [3.63, 3.8) is 0 Å². The predicted octanol–water partition coefficient (Wildman–Crippen LogP) is 2.91. The van der Waals surface area contributed by atoms with Crippen LogP contribution in [0.5, 0.6) is 0 Å². The van der Waals surface area contributed by atoms with Crippen molar-refractivity contribution in [1.29, 1.82) is 0 Å². The molecule has 0 fully saturated rings. The van der Waals surface area contributed by atoms with Gasteiger partial charge in [-0.1, -0.05) is 11.6 Å². The fourth-order valence-corrected chi connectivity index (χ4v) is 2.23. The molecule has 0 aromatic heterocycles. The Kier molecular flexibility index (Phi) is 7.43. The zero-order valence-corrected chi connectivity index (χ0v) is 13.3. The molecule has 0 saturated heterocycles. The van der Waals surface area contributed by atoms with Gasteiger partial charge in [0.1, 0.15) is 6.34 Å². The van der Waals surface area contributed by atoms with Gasteiger partial charge in [0.2, 0.25) is 6.41 Å². The third-order valence-electron chi connectivity index (χ3n) is 2.39. The number of amides is 1. The van der Waals surface area contributed by atoms with Crippen LogP contribution in [0, 0.1) is 6.92 Å². The van der Waals surface area contributed by atoms with Crippen LogP contribution in [-0.4, -0.2) is 48.7 Å². The Hall–Kier alpha value is -1.24. The zero-order valence-electron chi connectivity index (χ0n) is 11.7. The van der Waals surface area contributed by atoms with Crippen LogP contribution in [-0.2, 0) is 9.53 Å². The highest BCUT2D eigenvalue weighted by molar-refractivity contribution is 7.95. The molecule has 0 aliphatic rings. The zero-order chi connectivity index (χ0) is 15.0. The lowest BCUT2D eigenvalue weighted by atomic mass is 10.2. The molecule has 0 aliphatic heterocycles. The molecule has 110 valence electrons. The number of methoxy groups -OCH3 is 1. The summed E-state index contributed by atoms with van der Waals surface area (Å²) >= 11 is 7.15. The second kappa shape index (κ2) is 8.84. The van der Waals surface area contributed by atoms with Gasteiger partial charge in [-0.3, -0.25) is 13.4 Å². The number of halogens is 1. The van der Waals surface area contributed by atoms with E-state index in [1.165, 1.54) is 16.4 Å². The van der Waals surface area contributed by atoms with Crippen molar-refractivity contribution >= 4 is 42.2 Å². The van der Waals surface area contributed by atoms with Crippen molar-refractivity contribution < 1.29 is 9.53 Å². The van der Waals surface area contributed by atoms with Gasteiger partial charge in [-0.2, -0.15) is 0 Å².